The van der Waals surface area contributed by atoms with Crippen LogP contribution < -0.4 is 5.32 Å². The zero-order valence-electron chi connectivity index (χ0n) is 12.5. The average molecular weight is 277 g/mol. The minimum Gasteiger partial charge on any atom is -0.480 e. The largest absolute Gasteiger partial charge is 0.480 e. The fraction of sp³-hybridized carbons (Fsp3) is 0.588. The first-order valence-corrected chi connectivity index (χ1v) is 7.74. The Hall–Kier alpha value is -1.35. The van der Waals surface area contributed by atoms with E-state index in [-0.39, 0.29) is 0 Å². The lowest BCUT2D eigenvalue weighted by molar-refractivity contribution is -0.139. The predicted molar refractivity (Wildman–Crippen MR) is 82.9 cm³/mol. The summed E-state index contributed by atoms with van der Waals surface area (Å²) in [4.78, 5) is 11.2. The zero-order chi connectivity index (χ0) is 14.6. The molecule has 0 aliphatic rings. The first kappa shape index (κ1) is 16.7. The summed E-state index contributed by atoms with van der Waals surface area (Å²) < 4.78 is 0. The summed E-state index contributed by atoms with van der Waals surface area (Å²) in [6, 6.07) is 9.31. The molecule has 0 saturated heterocycles. The third kappa shape index (κ3) is 7.29. The third-order valence-electron chi connectivity index (χ3n) is 3.50. The molecule has 0 fully saturated rings. The van der Waals surface area contributed by atoms with Crippen molar-refractivity contribution in [2.75, 3.05) is 6.54 Å². The van der Waals surface area contributed by atoms with Crippen LogP contribution in [0, 0.1) is 0 Å². The molecule has 0 bridgehead atoms. The highest BCUT2D eigenvalue weighted by Crippen LogP contribution is 2.06. The summed E-state index contributed by atoms with van der Waals surface area (Å²) in [5, 5.41) is 12.4. The molecular weight excluding hydrogens is 250 g/mol. The Morgan fingerprint density at radius 3 is 2.40 bits per heavy atom. The number of carboxylic acids is 1. The highest BCUT2D eigenvalue weighted by Gasteiger charge is 2.16. The van der Waals surface area contributed by atoms with Gasteiger partial charge in [0.15, 0.2) is 0 Å². The van der Waals surface area contributed by atoms with Gasteiger partial charge in [0.05, 0.1) is 0 Å². The van der Waals surface area contributed by atoms with E-state index < -0.39 is 12.0 Å². The second-order valence-corrected chi connectivity index (χ2v) is 5.30. The fourth-order valence-electron chi connectivity index (χ4n) is 2.28. The molecule has 2 N–H and O–H groups in total. The second-order valence-electron chi connectivity index (χ2n) is 5.30. The van der Waals surface area contributed by atoms with Gasteiger partial charge in [-0.05, 0) is 24.9 Å². The van der Waals surface area contributed by atoms with Gasteiger partial charge in [-0.25, -0.2) is 0 Å². The zero-order valence-corrected chi connectivity index (χ0v) is 12.5. The lowest BCUT2D eigenvalue weighted by Crippen LogP contribution is -2.39. The van der Waals surface area contributed by atoms with Gasteiger partial charge in [-0.1, -0.05) is 69.4 Å². The van der Waals surface area contributed by atoms with Crippen LogP contribution in [0.1, 0.15) is 51.0 Å². The van der Waals surface area contributed by atoms with Crippen molar-refractivity contribution in [3.05, 3.63) is 35.9 Å². The SMILES string of the molecule is CCCCCCCCNC(Cc1ccccc1)C(=O)O. The second kappa shape index (κ2) is 10.4. The van der Waals surface area contributed by atoms with Crippen LogP contribution in [0.2, 0.25) is 0 Å². The molecule has 1 aromatic rings. The van der Waals surface area contributed by atoms with E-state index >= 15 is 0 Å². The Morgan fingerprint density at radius 1 is 1.10 bits per heavy atom. The van der Waals surface area contributed by atoms with Crippen LogP contribution in [0.15, 0.2) is 30.3 Å². The van der Waals surface area contributed by atoms with Crippen molar-refractivity contribution in [3.63, 3.8) is 0 Å². The number of nitrogens with one attached hydrogen (secondary N) is 1. The first-order chi connectivity index (χ1) is 9.74. The number of aliphatic carboxylic acids is 1. The molecule has 3 nitrogen and oxygen atoms in total. The van der Waals surface area contributed by atoms with Gasteiger partial charge in [0.2, 0.25) is 0 Å². The number of carbonyl (C=O) groups is 1. The van der Waals surface area contributed by atoms with E-state index in [1.807, 2.05) is 30.3 Å². The fourth-order valence-corrected chi connectivity index (χ4v) is 2.28. The van der Waals surface area contributed by atoms with E-state index in [9.17, 15) is 9.90 Å². The van der Waals surface area contributed by atoms with E-state index in [1.54, 1.807) is 0 Å². The van der Waals surface area contributed by atoms with Crippen LogP contribution >= 0.6 is 0 Å². The van der Waals surface area contributed by atoms with Crippen molar-refractivity contribution in [2.45, 2.75) is 57.9 Å². The highest BCUT2D eigenvalue weighted by atomic mass is 16.4. The number of rotatable bonds is 11. The van der Waals surface area contributed by atoms with E-state index in [0.717, 1.165) is 18.5 Å². The van der Waals surface area contributed by atoms with Crippen molar-refractivity contribution in [2.24, 2.45) is 0 Å². The van der Waals surface area contributed by atoms with Crippen LogP contribution in [0.5, 0.6) is 0 Å². The average Bonchev–Trinajstić information content (AvgIpc) is 2.46. The van der Waals surface area contributed by atoms with Crippen LogP contribution in [0.4, 0.5) is 0 Å². The number of benzene rings is 1. The van der Waals surface area contributed by atoms with Gasteiger partial charge in [-0.2, -0.15) is 0 Å². The molecule has 0 aliphatic heterocycles. The Balaban J connectivity index is 2.21. The Bertz CT molecular complexity index is 365. The molecule has 0 amide bonds. The van der Waals surface area contributed by atoms with Crippen LogP contribution in [0.3, 0.4) is 0 Å². The quantitative estimate of drug-likeness (QED) is 0.607. The van der Waals surface area contributed by atoms with Crippen molar-refractivity contribution in [3.8, 4) is 0 Å². The van der Waals surface area contributed by atoms with Gasteiger partial charge < -0.3 is 10.4 Å². The molecule has 0 aromatic heterocycles. The summed E-state index contributed by atoms with van der Waals surface area (Å²) in [6.45, 7) is 3.00. The Kier molecular flexibility index (Phi) is 8.72. The number of unbranched alkanes of at least 4 members (excludes halogenated alkanes) is 5. The maximum atomic E-state index is 11.2. The highest BCUT2D eigenvalue weighted by molar-refractivity contribution is 5.73. The molecule has 1 rings (SSSR count). The molecule has 3 heteroatoms. The topological polar surface area (TPSA) is 49.3 Å². The summed E-state index contributed by atoms with van der Waals surface area (Å²) in [6.07, 6.45) is 7.91. The van der Waals surface area contributed by atoms with E-state index in [2.05, 4.69) is 12.2 Å². The third-order valence-corrected chi connectivity index (χ3v) is 3.50. The van der Waals surface area contributed by atoms with Gasteiger partial charge in [0.1, 0.15) is 6.04 Å². The molecule has 112 valence electrons. The van der Waals surface area contributed by atoms with Gasteiger partial charge in [-0.3, -0.25) is 4.79 Å². The van der Waals surface area contributed by atoms with Crippen LogP contribution in [-0.4, -0.2) is 23.7 Å². The van der Waals surface area contributed by atoms with E-state index in [4.69, 9.17) is 0 Å². The molecule has 0 heterocycles. The molecule has 20 heavy (non-hydrogen) atoms. The summed E-state index contributed by atoms with van der Waals surface area (Å²) >= 11 is 0. The van der Waals surface area contributed by atoms with Crippen LogP contribution in [0.25, 0.3) is 0 Å². The molecule has 0 aliphatic carbocycles. The molecule has 1 aromatic carbocycles. The molecule has 1 atom stereocenters. The van der Waals surface area contributed by atoms with Crippen molar-refractivity contribution < 1.29 is 9.90 Å². The van der Waals surface area contributed by atoms with E-state index in [1.165, 1.54) is 32.1 Å². The number of hydrogen-bond donors (Lipinski definition) is 2. The number of hydrogen-bond acceptors (Lipinski definition) is 2. The minimum atomic E-state index is -0.764. The lowest BCUT2D eigenvalue weighted by Gasteiger charge is -2.14. The van der Waals surface area contributed by atoms with Crippen LogP contribution in [-0.2, 0) is 11.2 Å². The molecular formula is C17H27NO2. The summed E-state index contributed by atoms with van der Waals surface area (Å²) in [5.74, 6) is -0.764. The summed E-state index contributed by atoms with van der Waals surface area (Å²) in [5.41, 5.74) is 1.07. The van der Waals surface area contributed by atoms with Gasteiger partial charge in [-0.15, -0.1) is 0 Å². The van der Waals surface area contributed by atoms with Gasteiger partial charge in [0.25, 0.3) is 0 Å². The maximum absolute atomic E-state index is 11.2. The molecule has 1 unspecified atom stereocenters. The molecule has 0 radical (unpaired) electrons. The smallest absolute Gasteiger partial charge is 0.321 e. The normalized spacial score (nSPS) is 12.2. The lowest BCUT2D eigenvalue weighted by atomic mass is 10.1. The minimum absolute atomic E-state index is 0.479. The standard InChI is InChI=1S/C17H27NO2/c1-2-3-4-5-6-10-13-18-16(17(19)20)14-15-11-8-7-9-12-15/h7-9,11-12,16,18H,2-6,10,13-14H2,1H3,(H,19,20). The van der Waals surface area contributed by atoms with E-state index in [0.29, 0.717) is 6.42 Å². The van der Waals surface area contributed by atoms with Crippen molar-refractivity contribution in [1.29, 1.82) is 0 Å². The first-order valence-electron chi connectivity index (χ1n) is 7.74. The Morgan fingerprint density at radius 2 is 1.75 bits per heavy atom. The molecule has 0 spiro atoms. The van der Waals surface area contributed by atoms with Gasteiger partial charge >= 0.3 is 5.97 Å². The molecule has 0 saturated carbocycles. The maximum Gasteiger partial charge on any atom is 0.321 e. The van der Waals surface area contributed by atoms with Crippen molar-refractivity contribution >= 4 is 5.97 Å². The Labute approximate surface area is 122 Å². The monoisotopic (exact) mass is 277 g/mol. The summed E-state index contributed by atoms with van der Waals surface area (Å²) in [7, 11) is 0. The number of carboxylic acid groups (broad SMARTS) is 1. The van der Waals surface area contributed by atoms with Crippen molar-refractivity contribution in [1.82, 2.24) is 5.32 Å². The van der Waals surface area contributed by atoms with Gasteiger partial charge in [0, 0.05) is 0 Å². The predicted octanol–water partition coefficient (Wildman–Crippen LogP) is 3.63.